The molecule has 0 unspecified atom stereocenters. The van der Waals surface area contributed by atoms with E-state index < -0.39 is 5.60 Å². The van der Waals surface area contributed by atoms with Gasteiger partial charge in [0.1, 0.15) is 5.60 Å². The molecule has 5 nitrogen and oxygen atoms in total. The van der Waals surface area contributed by atoms with Gasteiger partial charge in [-0.3, -0.25) is 9.89 Å². The number of nitrogens with zero attached hydrogens (tertiary/aromatic N) is 2. The average molecular weight is 301 g/mol. The quantitative estimate of drug-likeness (QED) is 0.821. The number of hydrogen-bond donors (Lipinski definition) is 2. The highest BCUT2D eigenvalue weighted by atomic mass is 16.3. The number of likely N-dealkylation sites (tertiary alicyclic amines) is 1. The van der Waals surface area contributed by atoms with Gasteiger partial charge in [-0.2, -0.15) is 5.10 Å². The molecule has 1 aliphatic heterocycles. The molecular weight excluding hydrogens is 278 g/mol. The molecule has 2 aliphatic carbocycles. The van der Waals surface area contributed by atoms with Gasteiger partial charge in [0.2, 0.25) is 5.91 Å². The second kappa shape index (κ2) is 4.69. The molecule has 1 aromatic rings. The Labute approximate surface area is 130 Å². The predicted octanol–water partition coefficient (Wildman–Crippen LogP) is 1.97. The zero-order valence-corrected chi connectivity index (χ0v) is 12.8. The van der Waals surface area contributed by atoms with Crippen LogP contribution in [-0.2, 0) is 10.4 Å². The number of hydrogen-bond acceptors (Lipinski definition) is 3. The molecule has 2 heterocycles. The lowest BCUT2D eigenvalue weighted by molar-refractivity contribution is -0.150. The largest absolute Gasteiger partial charge is 0.383 e. The van der Waals surface area contributed by atoms with Crippen LogP contribution in [0.15, 0.2) is 24.4 Å². The van der Waals surface area contributed by atoms with Crippen LogP contribution in [0.25, 0.3) is 0 Å². The average Bonchev–Trinajstić information content (AvgIpc) is 2.96. The highest BCUT2D eigenvalue weighted by Gasteiger charge is 2.53. The highest BCUT2D eigenvalue weighted by Crippen LogP contribution is 2.60. The highest BCUT2D eigenvalue weighted by molar-refractivity contribution is 5.80. The number of piperidine rings is 1. The molecule has 1 spiro atoms. The van der Waals surface area contributed by atoms with Crippen LogP contribution < -0.4 is 0 Å². The number of aromatic nitrogens is 2. The summed E-state index contributed by atoms with van der Waals surface area (Å²) in [6.45, 7) is 5.27. The van der Waals surface area contributed by atoms with Gasteiger partial charge in [0.15, 0.2) is 0 Å². The molecule has 3 fully saturated rings. The molecule has 0 radical (unpaired) electrons. The van der Waals surface area contributed by atoms with Gasteiger partial charge in [0.05, 0.1) is 5.69 Å². The molecule has 0 bridgehead atoms. The van der Waals surface area contributed by atoms with Crippen molar-refractivity contribution in [3.8, 4) is 0 Å². The summed E-state index contributed by atoms with van der Waals surface area (Å²) in [5, 5.41) is 17.4. The summed E-state index contributed by atoms with van der Waals surface area (Å²) in [6.07, 6.45) is 7.13. The lowest BCUT2D eigenvalue weighted by Gasteiger charge is -2.55. The van der Waals surface area contributed by atoms with Crippen LogP contribution in [0.2, 0.25) is 0 Å². The van der Waals surface area contributed by atoms with Crippen molar-refractivity contribution < 1.29 is 9.90 Å². The zero-order chi connectivity index (χ0) is 15.4. The summed E-state index contributed by atoms with van der Waals surface area (Å²) in [7, 11) is 0. The van der Waals surface area contributed by atoms with Crippen molar-refractivity contribution in [1.82, 2.24) is 15.1 Å². The molecule has 118 valence electrons. The number of allylic oxidation sites excluding steroid dienone is 1. The fraction of sp³-hybridized carbons (Fsp3) is 0.647. The van der Waals surface area contributed by atoms with Gasteiger partial charge in [-0.1, -0.05) is 12.2 Å². The minimum atomic E-state index is -0.861. The van der Waals surface area contributed by atoms with E-state index in [4.69, 9.17) is 0 Å². The molecule has 3 aliphatic rings. The van der Waals surface area contributed by atoms with Crippen LogP contribution in [0.4, 0.5) is 0 Å². The number of carbonyl (C=O) groups excluding carboxylic acids is 1. The minimum absolute atomic E-state index is 0.200. The van der Waals surface area contributed by atoms with Crippen LogP contribution >= 0.6 is 0 Å². The SMILES string of the molecule is C=C1CC2(C1)CC(C(=O)N1CCC(O)(c3ccn[nH]3)CC1)C2. The Kier molecular flexibility index (Phi) is 2.98. The van der Waals surface area contributed by atoms with Crippen molar-refractivity contribution in [1.29, 1.82) is 0 Å². The van der Waals surface area contributed by atoms with Crippen molar-refractivity contribution in [2.24, 2.45) is 11.3 Å². The van der Waals surface area contributed by atoms with Gasteiger partial charge in [0, 0.05) is 25.2 Å². The maximum atomic E-state index is 12.6. The van der Waals surface area contributed by atoms with Gasteiger partial charge in [-0.15, -0.1) is 0 Å². The van der Waals surface area contributed by atoms with E-state index >= 15 is 0 Å². The molecule has 1 amide bonds. The molecule has 2 saturated carbocycles. The summed E-state index contributed by atoms with van der Waals surface area (Å²) in [4.78, 5) is 14.5. The van der Waals surface area contributed by atoms with Gasteiger partial charge in [-0.25, -0.2) is 0 Å². The molecule has 5 heteroatoms. The molecule has 1 aromatic heterocycles. The first-order valence-corrected chi connectivity index (χ1v) is 8.17. The number of aromatic amines is 1. The second-order valence-corrected chi connectivity index (χ2v) is 7.54. The Bertz CT molecular complexity index is 583. The lowest BCUT2D eigenvalue weighted by atomic mass is 9.50. The summed E-state index contributed by atoms with van der Waals surface area (Å²) < 4.78 is 0. The summed E-state index contributed by atoms with van der Waals surface area (Å²) in [5.41, 5.74) is 1.66. The van der Waals surface area contributed by atoms with Crippen molar-refractivity contribution in [2.75, 3.05) is 13.1 Å². The van der Waals surface area contributed by atoms with Crippen molar-refractivity contribution in [3.05, 3.63) is 30.1 Å². The third kappa shape index (κ3) is 2.10. The van der Waals surface area contributed by atoms with Crippen LogP contribution in [0.5, 0.6) is 0 Å². The molecule has 0 aromatic carbocycles. The Morgan fingerprint density at radius 3 is 2.59 bits per heavy atom. The summed E-state index contributed by atoms with van der Waals surface area (Å²) >= 11 is 0. The van der Waals surface area contributed by atoms with Crippen molar-refractivity contribution in [2.45, 2.75) is 44.1 Å². The van der Waals surface area contributed by atoms with E-state index in [-0.39, 0.29) is 11.8 Å². The standard InChI is InChI=1S/C17H23N3O2/c1-12-8-16(9-12)10-13(11-16)15(21)20-6-3-17(22,4-7-20)14-2-5-18-19-14/h2,5,13,22H,1,3-4,6-11H2,(H,18,19). The number of rotatable bonds is 2. The van der Waals surface area contributed by atoms with E-state index in [2.05, 4.69) is 16.8 Å². The van der Waals surface area contributed by atoms with Crippen LogP contribution in [-0.4, -0.2) is 39.2 Å². The molecule has 1 saturated heterocycles. The maximum absolute atomic E-state index is 12.6. The topological polar surface area (TPSA) is 69.2 Å². The van der Waals surface area contributed by atoms with Gasteiger partial charge in [0.25, 0.3) is 0 Å². The Morgan fingerprint density at radius 2 is 2.05 bits per heavy atom. The van der Waals surface area contributed by atoms with E-state index in [0.717, 1.165) is 31.4 Å². The lowest BCUT2D eigenvalue weighted by Crippen LogP contribution is -2.53. The van der Waals surface area contributed by atoms with Crippen molar-refractivity contribution >= 4 is 5.91 Å². The first kappa shape index (κ1) is 14.0. The first-order valence-electron chi connectivity index (χ1n) is 8.17. The van der Waals surface area contributed by atoms with Crippen molar-refractivity contribution in [3.63, 3.8) is 0 Å². The van der Waals surface area contributed by atoms with Crippen LogP contribution in [0.3, 0.4) is 0 Å². The molecule has 22 heavy (non-hydrogen) atoms. The number of H-pyrrole nitrogens is 1. The Balaban J connectivity index is 1.32. The molecule has 4 rings (SSSR count). The third-order valence-electron chi connectivity index (χ3n) is 5.86. The fourth-order valence-electron chi connectivity index (χ4n) is 4.60. The minimum Gasteiger partial charge on any atom is -0.383 e. The number of amides is 1. The smallest absolute Gasteiger partial charge is 0.225 e. The van der Waals surface area contributed by atoms with Crippen LogP contribution in [0.1, 0.15) is 44.2 Å². The molecule has 0 atom stereocenters. The van der Waals surface area contributed by atoms with Gasteiger partial charge >= 0.3 is 0 Å². The third-order valence-corrected chi connectivity index (χ3v) is 5.86. The number of carbonyl (C=O) groups is 1. The van der Waals surface area contributed by atoms with E-state index in [1.165, 1.54) is 5.57 Å². The first-order chi connectivity index (χ1) is 10.5. The van der Waals surface area contributed by atoms with Gasteiger partial charge in [-0.05, 0) is 50.0 Å². The van der Waals surface area contributed by atoms with E-state index in [1.54, 1.807) is 6.20 Å². The summed E-state index contributed by atoms with van der Waals surface area (Å²) in [5.74, 6) is 0.487. The van der Waals surface area contributed by atoms with E-state index in [9.17, 15) is 9.90 Å². The molecular formula is C17H23N3O2. The maximum Gasteiger partial charge on any atom is 0.225 e. The van der Waals surface area contributed by atoms with Crippen LogP contribution in [0, 0.1) is 11.3 Å². The monoisotopic (exact) mass is 301 g/mol. The number of nitrogens with one attached hydrogen (secondary N) is 1. The Morgan fingerprint density at radius 1 is 1.36 bits per heavy atom. The number of aliphatic hydroxyl groups is 1. The second-order valence-electron chi connectivity index (χ2n) is 7.54. The summed E-state index contributed by atoms with van der Waals surface area (Å²) in [6, 6.07) is 1.82. The Hall–Kier alpha value is -1.62. The fourth-order valence-corrected chi connectivity index (χ4v) is 4.60. The molecule has 2 N–H and O–H groups in total. The van der Waals surface area contributed by atoms with E-state index in [1.807, 2.05) is 11.0 Å². The zero-order valence-electron chi connectivity index (χ0n) is 12.8. The van der Waals surface area contributed by atoms with Gasteiger partial charge < -0.3 is 10.0 Å². The normalized spacial score (nSPS) is 26.6. The van der Waals surface area contributed by atoms with E-state index in [0.29, 0.717) is 31.3 Å². The predicted molar refractivity (Wildman–Crippen MR) is 81.8 cm³/mol.